The SMILES string of the molecule is O=C(OCc1ccccc1)[C@@H]1Cc2c([nH]c3ccccc23)[C@H](CCc2ccccc2)N1. The van der Waals surface area contributed by atoms with Crippen molar-refractivity contribution in [2.24, 2.45) is 0 Å². The Labute approximate surface area is 182 Å². The van der Waals surface area contributed by atoms with Gasteiger partial charge in [0.25, 0.3) is 0 Å². The molecule has 1 aromatic heterocycles. The van der Waals surface area contributed by atoms with Gasteiger partial charge in [0.15, 0.2) is 0 Å². The van der Waals surface area contributed by atoms with Crippen LogP contribution in [0.3, 0.4) is 0 Å². The van der Waals surface area contributed by atoms with Crippen molar-refractivity contribution in [3.05, 3.63) is 107 Å². The first kappa shape index (κ1) is 19.6. The topological polar surface area (TPSA) is 54.1 Å². The van der Waals surface area contributed by atoms with Gasteiger partial charge in [-0.1, -0.05) is 78.9 Å². The molecule has 0 bridgehead atoms. The maximum absolute atomic E-state index is 13.0. The number of nitrogens with one attached hydrogen (secondary N) is 2. The van der Waals surface area contributed by atoms with Gasteiger partial charge >= 0.3 is 5.97 Å². The van der Waals surface area contributed by atoms with E-state index in [0.29, 0.717) is 13.0 Å². The van der Waals surface area contributed by atoms with Crippen molar-refractivity contribution in [1.82, 2.24) is 10.3 Å². The fraction of sp³-hybridized carbons (Fsp3) is 0.222. The number of carbonyl (C=O) groups excluding carboxylic acids is 1. The second-order valence-electron chi connectivity index (χ2n) is 8.16. The molecular weight excluding hydrogens is 384 g/mol. The number of esters is 1. The predicted octanol–water partition coefficient (Wildman–Crippen LogP) is 5.10. The number of aromatic amines is 1. The predicted molar refractivity (Wildman–Crippen MR) is 123 cm³/mol. The summed E-state index contributed by atoms with van der Waals surface area (Å²) in [5.41, 5.74) is 5.85. The minimum atomic E-state index is -0.351. The molecule has 3 aromatic carbocycles. The van der Waals surface area contributed by atoms with Crippen molar-refractivity contribution in [3.8, 4) is 0 Å². The molecule has 1 aliphatic heterocycles. The van der Waals surface area contributed by atoms with Crippen LogP contribution in [0.5, 0.6) is 0 Å². The number of aryl methyl sites for hydroxylation is 1. The van der Waals surface area contributed by atoms with Crippen LogP contribution in [0, 0.1) is 0 Å². The Balaban J connectivity index is 1.37. The third-order valence-corrected chi connectivity index (χ3v) is 6.08. The fourth-order valence-electron chi connectivity index (χ4n) is 4.49. The van der Waals surface area contributed by atoms with Gasteiger partial charge in [0.2, 0.25) is 0 Å². The second kappa shape index (κ2) is 8.78. The molecule has 0 unspecified atom stereocenters. The van der Waals surface area contributed by atoms with Gasteiger partial charge < -0.3 is 9.72 Å². The van der Waals surface area contributed by atoms with Crippen LogP contribution in [0.4, 0.5) is 0 Å². The van der Waals surface area contributed by atoms with E-state index < -0.39 is 0 Å². The molecule has 1 aliphatic rings. The summed E-state index contributed by atoms with van der Waals surface area (Å²) in [6.45, 7) is 0.299. The first-order valence-electron chi connectivity index (χ1n) is 10.9. The van der Waals surface area contributed by atoms with Gasteiger partial charge in [0, 0.05) is 29.1 Å². The van der Waals surface area contributed by atoms with Gasteiger partial charge in [0.1, 0.15) is 12.6 Å². The van der Waals surface area contributed by atoms with Gasteiger partial charge in [-0.05, 0) is 35.6 Å². The number of hydrogen-bond donors (Lipinski definition) is 2. The second-order valence-corrected chi connectivity index (χ2v) is 8.16. The van der Waals surface area contributed by atoms with Crippen LogP contribution in [0.2, 0.25) is 0 Å². The minimum absolute atomic E-state index is 0.0747. The van der Waals surface area contributed by atoms with Crippen LogP contribution in [-0.2, 0) is 29.0 Å². The monoisotopic (exact) mass is 410 g/mol. The van der Waals surface area contributed by atoms with E-state index in [2.05, 4.69) is 52.8 Å². The summed E-state index contributed by atoms with van der Waals surface area (Å²) in [4.78, 5) is 16.6. The Morgan fingerprint density at radius 1 is 0.871 bits per heavy atom. The van der Waals surface area contributed by atoms with Crippen molar-refractivity contribution in [2.75, 3.05) is 0 Å². The molecule has 2 atom stereocenters. The fourth-order valence-corrected chi connectivity index (χ4v) is 4.49. The molecule has 0 fully saturated rings. The molecule has 31 heavy (non-hydrogen) atoms. The Morgan fingerprint density at radius 3 is 2.32 bits per heavy atom. The molecule has 0 saturated carbocycles. The number of carbonyl (C=O) groups is 1. The Hall–Kier alpha value is -3.37. The van der Waals surface area contributed by atoms with Crippen LogP contribution in [0.15, 0.2) is 84.9 Å². The lowest BCUT2D eigenvalue weighted by Crippen LogP contribution is -2.45. The molecule has 0 saturated heterocycles. The zero-order chi connectivity index (χ0) is 21.0. The zero-order valence-corrected chi connectivity index (χ0v) is 17.4. The summed E-state index contributed by atoms with van der Waals surface area (Å²) >= 11 is 0. The number of para-hydroxylation sites is 1. The van der Waals surface area contributed by atoms with Crippen LogP contribution in [0.1, 0.15) is 34.8 Å². The number of fused-ring (bicyclic) bond motifs is 3. The van der Waals surface area contributed by atoms with Crippen molar-refractivity contribution in [1.29, 1.82) is 0 Å². The van der Waals surface area contributed by atoms with E-state index >= 15 is 0 Å². The lowest BCUT2D eigenvalue weighted by Gasteiger charge is -2.30. The van der Waals surface area contributed by atoms with E-state index in [1.54, 1.807) is 0 Å². The zero-order valence-electron chi connectivity index (χ0n) is 17.4. The summed E-state index contributed by atoms with van der Waals surface area (Å²) in [7, 11) is 0. The number of rotatable bonds is 6. The first-order valence-corrected chi connectivity index (χ1v) is 10.9. The van der Waals surface area contributed by atoms with Crippen molar-refractivity contribution < 1.29 is 9.53 Å². The highest BCUT2D eigenvalue weighted by Gasteiger charge is 2.33. The summed E-state index contributed by atoms with van der Waals surface area (Å²) < 4.78 is 5.67. The summed E-state index contributed by atoms with van der Waals surface area (Å²) in [5, 5.41) is 4.77. The highest BCUT2D eigenvalue weighted by Crippen LogP contribution is 2.34. The normalized spacial score (nSPS) is 17.9. The first-order chi connectivity index (χ1) is 15.3. The molecule has 4 heteroatoms. The van der Waals surface area contributed by atoms with Gasteiger partial charge in [-0.25, -0.2) is 0 Å². The average molecular weight is 411 g/mol. The standard InChI is InChI=1S/C27H26N2O2/c30-27(31-18-20-11-5-2-6-12-20)25-17-22-21-13-7-8-14-23(21)29-26(22)24(28-25)16-15-19-9-3-1-4-10-19/h1-14,24-25,28-29H,15-18H2/t24-,25-/m0/s1. The largest absolute Gasteiger partial charge is 0.460 e. The number of ether oxygens (including phenoxy) is 1. The number of benzene rings is 3. The van der Waals surface area contributed by atoms with Crippen molar-refractivity contribution in [3.63, 3.8) is 0 Å². The highest BCUT2D eigenvalue weighted by atomic mass is 16.5. The van der Waals surface area contributed by atoms with Gasteiger partial charge in [-0.2, -0.15) is 0 Å². The van der Waals surface area contributed by atoms with E-state index in [9.17, 15) is 4.79 Å². The molecule has 2 heterocycles. The molecule has 0 aliphatic carbocycles. The van der Waals surface area contributed by atoms with Crippen molar-refractivity contribution >= 4 is 16.9 Å². The third kappa shape index (κ3) is 4.25. The van der Waals surface area contributed by atoms with Crippen LogP contribution in [0.25, 0.3) is 10.9 Å². The third-order valence-electron chi connectivity index (χ3n) is 6.08. The minimum Gasteiger partial charge on any atom is -0.460 e. The van der Waals surface area contributed by atoms with Gasteiger partial charge in [-0.15, -0.1) is 0 Å². The number of hydrogen-bond acceptors (Lipinski definition) is 3. The number of aromatic nitrogens is 1. The van der Waals surface area contributed by atoms with E-state index in [4.69, 9.17) is 4.74 Å². The van der Waals surface area contributed by atoms with E-state index in [1.807, 2.05) is 42.5 Å². The Bertz CT molecular complexity index is 1170. The maximum atomic E-state index is 13.0. The Morgan fingerprint density at radius 2 is 1.55 bits per heavy atom. The number of H-pyrrole nitrogens is 1. The smallest absolute Gasteiger partial charge is 0.323 e. The van der Waals surface area contributed by atoms with Crippen molar-refractivity contribution in [2.45, 2.75) is 38.0 Å². The lowest BCUT2D eigenvalue weighted by molar-refractivity contribution is -0.148. The molecule has 4 aromatic rings. The van der Waals surface area contributed by atoms with E-state index in [1.165, 1.54) is 22.2 Å². The van der Waals surface area contributed by atoms with Crippen LogP contribution >= 0.6 is 0 Å². The average Bonchev–Trinajstić information content (AvgIpc) is 3.21. The van der Waals surface area contributed by atoms with Crippen LogP contribution in [-0.4, -0.2) is 17.0 Å². The van der Waals surface area contributed by atoms with Gasteiger partial charge in [-0.3, -0.25) is 10.1 Å². The molecule has 2 N–H and O–H groups in total. The molecular formula is C27H26N2O2. The van der Waals surface area contributed by atoms with Gasteiger partial charge in [0.05, 0.1) is 0 Å². The quantitative estimate of drug-likeness (QED) is 0.435. The molecule has 5 rings (SSSR count). The lowest BCUT2D eigenvalue weighted by atomic mass is 9.91. The summed E-state index contributed by atoms with van der Waals surface area (Å²) in [5.74, 6) is -0.190. The molecule has 4 nitrogen and oxygen atoms in total. The highest BCUT2D eigenvalue weighted by molar-refractivity contribution is 5.87. The van der Waals surface area contributed by atoms with E-state index in [0.717, 1.165) is 23.9 Å². The molecule has 0 amide bonds. The Kier molecular flexibility index (Phi) is 5.55. The maximum Gasteiger partial charge on any atom is 0.323 e. The van der Waals surface area contributed by atoms with E-state index in [-0.39, 0.29) is 18.1 Å². The summed E-state index contributed by atoms with van der Waals surface area (Å²) in [6.07, 6.45) is 2.49. The summed E-state index contributed by atoms with van der Waals surface area (Å²) in [6, 6.07) is 28.4. The molecule has 0 radical (unpaired) electrons. The molecule has 156 valence electrons. The molecule has 0 spiro atoms. The van der Waals surface area contributed by atoms with Crippen LogP contribution < -0.4 is 5.32 Å².